The molecule has 0 spiro atoms. The predicted molar refractivity (Wildman–Crippen MR) is 87.9 cm³/mol. The molecule has 0 aliphatic carbocycles. The first kappa shape index (κ1) is 17.3. The van der Waals surface area contributed by atoms with Crippen molar-refractivity contribution in [1.29, 1.82) is 0 Å². The van der Waals surface area contributed by atoms with Crippen molar-refractivity contribution in [2.45, 2.75) is 32.4 Å². The molecule has 0 radical (unpaired) electrons. The predicted octanol–water partition coefficient (Wildman–Crippen LogP) is 0.884. The Morgan fingerprint density at radius 3 is 3.00 bits per heavy atom. The molecule has 7 heteroatoms. The summed E-state index contributed by atoms with van der Waals surface area (Å²) < 4.78 is 5.79. The second-order valence-electron chi connectivity index (χ2n) is 6.20. The fourth-order valence-corrected chi connectivity index (χ4v) is 3.49. The minimum Gasteiger partial charge on any atom is -0.374 e. The highest BCUT2D eigenvalue weighted by Gasteiger charge is 2.22. The normalized spacial score (nSPS) is 20.0. The first-order valence-corrected chi connectivity index (χ1v) is 8.51. The van der Waals surface area contributed by atoms with E-state index < -0.39 is 0 Å². The standard InChI is InChI=1S/C15H26N4O2S/c1-11(2)13-6-17-15(22-13)10-19(9-14(16)20)8-12-7-18(3)4-5-21-12/h6,11-12H,4-5,7-10H2,1-3H3,(H2,16,20). The first-order chi connectivity index (χ1) is 10.4. The Labute approximate surface area is 136 Å². The van der Waals surface area contributed by atoms with Crippen molar-refractivity contribution >= 4 is 17.2 Å². The van der Waals surface area contributed by atoms with Gasteiger partial charge in [-0.2, -0.15) is 0 Å². The molecule has 1 aliphatic heterocycles. The summed E-state index contributed by atoms with van der Waals surface area (Å²) >= 11 is 1.70. The molecule has 1 amide bonds. The lowest BCUT2D eigenvalue weighted by atomic mass is 10.2. The molecule has 2 N–H and O–H groups in total. The monoisotopic (exact) mass is 326 g/mol. The van der Waals surface area contributed by atoms with Gasteiger partial charge in [-0.1, -0.05) is 13.8 Å². The number of thiazole rings is 1. The van der Waals surface area contributed by atoms with Crippen LogP contribution in [0.1, 0.15) is 29.7 Å². The van der Waals surface area contributed by atoms with Gasteiger partial charge in [0, 0.05) is 30.7 Å². The van der Waals surface area contributed by atoms with Crippen molar-refractivity contribution in [3.05, 3.63) is 16.1 Å². The SMILES string of the molecule is CC(C)c1cnc(CN(CC(N)=O)CC2CN(C)CCO2)s1. The maximum absolute atomic E-state index is 11.3. The summed E-state index contributed by atoms with van der Waals surface area (Å²) in [7, 11) is 2.09. The van der Waals surface area contributed by atoms with Gasteiger partial charge in [0.05, 0.1) is 25.8 Å². The van der Waals surface area contributed by atoms with Crippen molar-refractivity contribution < 1.29 is 9.53 Å². The molecule has 1 aromatic rings. The van der Waals surface area contributed by atoms with Crippen LogP contribution < -0.4 is 5.73 Å². The number of morpholine rings is 1. The third-order valence-electron chi connectivity index (χ3n) is 3.68. The van der Waals surface area contributed by atoms with Crippen LogP contribution in [0.25, 0.3) is 0 Å². The summed E-state index contributed by atoms with van der Waals surface area (Å²) in [6, 6.07) is 0. The number of nitrogens with two attached hydrogens (primary N) is 1. The minimum atomic E-state index is -0.315. The van der Waals surface area contributed by atoms with E-state index in [4.69, 9.17) is 10.5 Å². The van der Waals surface area contributed by atoms with Crippen LogP contribution in [-0.4, -0.2) is 66.6 Å². The lowest BCUT2D eigenvalue weighted by molar-refractivity contribution is -0.120. The zero-order chi connectivity index (χ0) is 16.1. The molecule has 2 rings (SSSR count). The Morgan fingerprint density at radius 2 is 2.41 bits per heavy atom. The van der Waals surface area contributed by atoms with Gasteiger partial charge in [-0.25, -0.2) is 4.98 Å². The quantitative estimate of drug-likeness (QED) is 0.805. The first-order valence-electron chi connectivity index (χ1n) is 7.69. The fourth-order valence-electron chi connectivity index (χ4n) is 2.53. The zero-order valence-corrected chi connectivity index (χ0v) is 14.4. The number of aromatic nitrogens is 1. The molecule has 0 saturated carbocycles. The molecular formula is C15H26N4O2S. The molecule has 2 heterocycles. The molecule has 1 atom stereocenters. The van der Waals surface area contributed by atoms with Crippen LogP contribution in [0.15, 0.2) is 6.20 Å². The van der Waals surface area contributed by atoms with Gasteiger partial charge >= 0.3 is 0 Å². The third-order valence-corrected chi connectivity index (χ3v) is 4.97. The van der Waals surface area contributed by atoms with Crippen LogP contribution in [0.2, 0.25) is 0 Å². The summed E-state index contributed by atoms with van der Waals surface area (Å²) in [6.07, 6.45) is 2.04. The highest BCUT2D eigenvalue weighted by atomic mass is 32.1. The van der Waals surface area contributed by atoms with Gasteiger partial charge < -0.3 is 15.4 Å². The number of carbonyl (C=O) groups is 1. The summed E-state index contributed by atoms with van der Waals surface area (Å²) in [5.41, 5.74) is 5.38. The Morgan fingerprint density at radius 1 is 1.64 bits per heavy atom. The molecule has 1 aromatic heterocycles. The van der Waals surface area contributed by atoms with Gasteiger partial charge in [0.15, 0.2) is 0 Å². The van der Waals surface area contributed by atoms with E-state index >= 15 is 0 Å². The average molecular weight is 326 g/mol. The lowest BCUT2D eigenvalue weighted by Gasteiger charge is -2.33. The maximum Gasteiger partial charge on any atom is 0.231 e. The number of primary amides is 1. The summed E-state index contributed by atoms with van der Waals surface area (Å²) in [5.74, 6) is 0.163. The third kappa shape index (κ3) is 5.31. The molecule has 1 unspecified atom stereocenters. The van der Waals surface area contributed by atoms with Crippen LogP contribution in [0.5, 0.6) is 0 Å². The van der Waals surface area contributed by atoms with E-state index in [-0.39, 0.29) is 18.6 Å². The molecule has 1 saturated heterocycles. The number of ether oxygens (including phenoxy) is 1. The van der Waals surface area contributed by atoms with E-state index in [9.17, 15) is 4.79 Å². The number of nitrogens with zero attached hydrogens (tertiary/aromatic N) is 3. The Kier molecular flexibility index (Phi) is 6.31. The van der Waals surface area contributed by atoms with Crippen LogP contribution in [0.3, 0.4) is 0 Å². The molecule has 124 valence electrons. The molecule has 0 aromatic carbocycles. The fraction of sp³-hybridized carbons (Fsp3) is 0.733. The molecule has 6 nitrogen and oxygen atoms in total. The number of likely N-dealkylation sites (N-methyl/N-ethyl adjacent to an activating group) is 1. The van der Waals surface area contributed by atoms with Crippen LogP contribution >= 0.6 is 11.3 Å². The number of hydrogen-bond donors (Lipinski definition) is 1. The average Bonchev–Trinajstić information content (AvgIpc) is 2.86. The zero-order valence-electron chi connectivity index (χ0n) is 13.6. The lowest BCUT2D eigenvalue weighted by Crippen LogP contribution is -2.47. The summed E-state index contributed by atoms with van der Waals surface area (Å²) in [4.78, 5) is 21.3. The van der Waals surface area contributed by atoms with Crippen molar-refractivity contribution in [3.8, 4) is 0 Å². The smallest absolute Gasteiger partial charge is 0.231 e. The molecule has 1 aliphatic rings. The van der Waals surface area contributed by atoms with E-state index in [2.05, 4.69) is 30.8 Å². The van der Waals surface area contributed by atoms with Crippen molar-refractivity contribution in [3.63, 3.8) is 0 Å². The molecular weight excluding hydrogens is 300 g/mol. The molecule has 1 fully saturated rings. The van der Waals surface area contributed by atoms with Crippen LogP contribution in [0, 0.1) is 0 Å². The number of carbonyl (C=O) groups excluding carboxylic acids is 1. The van der Waals surface area contributed by atoms with Gasteiger partial charge in [-0.3, -0.25) is 9.69 Å². The van der Waals surface area contributed by atoms with Gasteiger partial charge in [-0.05, 0) is 13.0 Å². The van der Waals surface area contributed by atoms with E-state index in [0.29, 0.717) is 19.0 Å². The number of hydrogen-bond acceptors (Lipinski definition) is 6. The van der Waals surface area contributed by atoms with Crippen molar-refractivity contribution in [1.82, 2.24) is 14.8 Å². The largest absolute Gasteiger partial charge is 0.374 e. The highest BCUT2D eigenvalue weighted by molar-refractivity contribution is 7.11. The number of amides is 1. The van der Waals surface area contributed by atoms with Crippen LogP contribution in [0.4, 0.5) is 0 Å². The molecule has 0 bridgehead atoms. The van der Waals surface area contributed by atoms with Gasteiger partial charge in [0.2, 0.25) is 5.91 Å². The number of rotatable bonds is 7. The Balaban J connectivity index is 1.97. The Hall–Kier alpha value is -1.02. The van der Waals surface area contributed by atoms with E-state index in [0.717, 1.165) is 24.7 Å². The Bertz CT molecular complexity index is 492. The van der Waals surface area contributed by atoms with E-state index in [1.807, 2.05) is 11.1 Å². The summed E-state index contributed by atoms with van der Waals surface area (Å²) in [5, 5.41) is 1.02. The van der Waals surface area contributed by atoms with E-state index in [1.54, 1.807) is 11.3 Å². The van der Waals surface area contributed by atoms with Crippen LogP contribution in [-0.2, 0) is 16.1 Å². The minimum absolute atomic E-state index is 0.114. The highest BCUT2D eigenvalue weighted by Crippen LogP contribution is 2.23. The topological polar surface area (TPSA) is 71.7 Å². The molecule has 22 heavy (non-hydrogen) atoms. The second-order valence-corrected chi connectivity index (χ2v) is 7.35. The van der Waals surface area contributed by atoms with Gasteiger partial charge in [0.1, 0.15) is 5.01 Å². The van der Waals surface area contributed by atoms with Gasteiger partial charge in [-0.15, -0.1) is 11.3 Å². The second kappa shape index (κ2) is 8.01. The van der Waals surface area contributed by atoms with Crippen molar-refractivity contribution in [2.75, 3.05) is 39.8 Å². The summed E-state index contributed by atoms with van der Waals surface area (Å²) in [6.45, 7) is 8.46. The van der Waals surface area contributed by atoms with Gasteiger partial charge in [0.25, 0.3) is 0 Å². The van der Waals surface area contributed by atoms with E-state index in [1.165, 1.54) is 4.88 Å². The maximum atomic E-state index is 11.3. The van der Waals surface area contributed by atoms with Crippen molar-refractivity contribution in [2.24, 2.45) is 5.73 Å².